The minimum Gasteiger partial charge on any atom is -0.461 e. The predicted octanol–water partition coefficient (Wildman–Crippen LogP) is 6.63. The van der Waals surface area contributed by atoms with Gasteiger partial charge in [0.05, 0.1) is 11.9 Å². The number of hydrogen-bond acceptors (Lipinski definition) is 7. The molecule has 1 heterocycles. The standard InChI is InChI=1S/C29H35Cl2N5O2/c1-18(2)13-25(29(37)38-21-9-3-4-10-21)33-15-19-7-5-8-20(14-19)26-17-34-27(32)28(36-26)35-16-22-23(30)11-6-12-24(22)31/h5-8,11-12,14,17-18,21,25,33H,3-4,9-10,13,15-16H2,1-2H3,(H2,32,34)(H,35,36)/t25-/m0/s1. The number of nitrogens with one attached hydrogen (secondary N) is 2. The lowest BCUT2D eigenvalue weighted by Gasteiger charge is -2.22. The average Bonchev–Trinajstić information content (AvgIpc) is 3.40. The number of benzene rings is 2. The molecule has 0 bridgehead atoms. The molecule has 4 N–H and O–H groups in total. The molecule has 1 aliphatic rings. The summed E-state index contributed by atoms with van der Waals surface area (Å²) in [5.41, 5.74) is 9.45. The quantitative estimate of drug-likeness (QED) is 0.228. The van der Waals surface area contributed by atoms with Crippen molar-refractivity contribution >= 4 is 40.8 Å². The Morgan fingerprint density at radius 1 is 1.11 bits per heavy atom. The van der Waals surface area contributed by atoms with Gasteiger partial charge in [-0.2, -0.15) is 0 Å². The van der Waals surface area contributed by atoms with Crippen LogP contribution in [-0.2, 0) is 22.6 Å². The first-order chi connectivity index (χ1) is 18.3. The Morgan fingerprint density at radius 3 is 2.53 bits per heavy atom. The Kier molecular flexibility index (Phi) is 9.83. The fourth-order valence-corrected chi connectivity index (χ4v) is 5.14. The fraction of sp³-hybridized carbons (Fsp3) is 0.414. The number of esters is 1. The van der Waals surface area contributed by atoms with Gasteiger partial charge >= 0.3 is 5.97 Å². The lowest BCUT2D eigenvalue weighted by atomic mass is 10.0. The highest BCUT2D eigenvalue weighted by molar-refractivity contribution is 6.36. The molecule has 3 aromatic rings. The first-order valence-electron chi connectivity index (χ1n) is 13.1. The van der Waals surface area contributed by atoms with Crippen LogP contribution in [0.15, 0.2) is 48.7 Å². The highest BCUT2D eigenvalue weighted by Gasteiger charge is 2.26. The number of nitrogens with two attached hydrogens (primary N) is 1. The van der Waals surface area contributed by atoms with Gasteiger partial charge in [-0.05, 0) is 61.8 Å². The monoisotopic (exact) mass is 555 g/mol. The van der Waals surface area contributed by atoms with E-state index in [2.05, 4.69) is 29.5 Å². The Hall–Kier alpha value is -2.87. The maximum atomic E-state index is 12.9. The first kappa shape index (κ1) is 28.1. The molecule has 2 aromatic carbocycles. The van der Waals surface area contributed by atoms with Crippen LogP contribution in [0.2, 0.25) is 10.0 Å². The second kappa shape index (κ2) is 13.3. The molecule has 9 heteroatoms. The van der Waals surface area contributed by atoms with Crippen LogP contribution in [0.25, 0.3) is 11.3 Å². The van der Waals surface area contributed by atoms with E-state index >= 15 is 0 Å². The number of carbonyl (C=O) groups is 1. The Labute approximate surface area is 234 Å². The Balaban J connectivity index is 1.44. The molecule has 7 nitrogen and oxygen atoms in total. The Morgan fingerprint density at radius 2 is 1.82 bits per heavy atom. The SMILES string of the molecule is CC(C)C[C@H](NCc1cccc(-c2cnc(N)c(NCc3c(Cl)cccc3Cl)n2)c1)C(=O)OC1CCCC1. The van der Waals surface area contributed by atoms with Crippen molar-refractivity contribution < 1.29 is 9.53 Å². The zero-order chi connectivity index (χ0) is 27.1. The average molecular weight is 557 g/mol. The molecule has 4 rings (SSSR count). The number of nitrogen functional groups attached to an aromatic ring is 1. The van der Waals surface area contributed by atoms with Crippen LogP contribution >= 0.6 is 23.2 Å². The van der Waals surface area contributed by atoms with Gasteiger partial charge in [-0.15, -0.1) is 0 Å². The fourth-order valence-electron chi connectivity index (χ4n) is 4.61. The third-order valence-corrected chi connectivity index (χ3v) is 7.36. The molecule has 0 saturated heterocycles. The van der Waals surface area contributed by atoms with Gasteiger partial charge in [-0.3, -0.25) is 4.79 Å². The molecule has 1 fully saturated rings. The zero-order valence-electron chi connectivity index (χ0n) is 21.8. The molecule has 1 atom stereocenters. The van der Waals surface area contributed by atoms with Gasteiger partial charge in [0.1, 0.15) is 12.1 Å². The van der Waals surface area contributed by atoms with Gasteiger partial charge in [-0.25, -0.2) is 9.97 Å². The predicted molar refractivity (Wildman–Crippen MR) is 154 cm³/mol. The largest absolute Gasteiger partial charge is 0.461 e. The molecule has 1 aromatic heterocycles. The van der Waals surface area contributed by atoms with E-state index in [1.54, 1.807) is 24.4 Å². The van der Waals surface area contributed by atoms with Crippen molar-refractivity contribution in [3.8, 4) is 11.3 Å². The van der Waals surface area contributed by atoms with Crippen molar-refractivity contribution in [2.24, 2.45) is 5.92 Å². The summed E-state index contributed by atoms with van der Waals surface area (Å²) in [6.45, 7) is 5.12. The van der Waals surface area contributed by atoms with Gasteiger partial charge in [0, 0.05) is 34.3 Å². The summed E-state index contributed by atoms with van der Waals surface area (Å²) < 4.78 is 5.79. The van der Waals surface area contributed by atoms with Crippen LogP contribution in [0.3, 0.4) is 0 Å². The van der Waals surface area contributed by atoms with Crippen LogP contribution in [0.1, 0.15) is 57.1 Å². The van der Waals surface area contributed by atoms with Crippen molar-refractivity contribution in [2.75, 3.05) is 11.1 Å². The molecule has 38 heavy (non-hydrogen) atoms. The minimum absolute atomic E-state index is 0.0585. The molecule has 202 valence electrons. The van der Waals surface area contributed by atoms with E-state index < -0.39 is 0 Å². The van der Waals surface area contributed by atoms with Crippen LogP contribution in [0.4, 0.5) is 11.6 Å². The van der Waals surface area contributed by atoms with E-state index in [0.717, 1.165) is 48.8 Å². The number of halogens is 2. The normalized spacial score (nSPS) is 14.6. The van der Waals surface area contributed by atoms with Crippen molar-refractivity contribution in [2.45, 2.75) is 71.2 Å². The second-order valence-corrected chi connectivity index (χ2v) is 11.0. The first-order valence-corrected chi connectivity index (χ1v) is 13.9. The summed E-state index contributed by atoms with van der Waals surface area (Å²) >= 11 is 12.6. The number of nitrogens with zero attached hydrogens (tertiary/aromatic N) is 2. The van der Waals surface area contributed by atoms with E-state index in [9.17, 15) is 4.79 Å². The smallest absolute Gasteiger partial charge is 0.323 e. The van der Waals surface area contributed by atoms with Gasteiger partial charge in [0.15, 0.2) is 11.6 Å². The number of rotatable bonds is 11. The highest BCUT2D eigenvalue weighted by Crippen LogP contribution is 2.27. The number of anilines is 2. The van der Waals surface area contributed by atoms with Crippen LogP contribution in [-0.4, -0.2) is 28.1 Å². The number of ether oxygens (including phenoxy) is 1. The minimum atomic E-state index is -0.344. The summed E-state index contributed by atoms with van der Waals surface area (Å²) in [4.78, 5) is 21.9. The summed E-state index contributed by atoms with van der Waals surface area (Å²) in [6.07, 6.45) is 6.62. The van der Waals surface area contributed by atoms with Crippen LogP contribution in [0, 0.1) is 5.92 Å². The topological polar surface area (TPSA) is 102 Å². The second-order valence-electron chi connectivity index (χ2n) is 10.1. The van der Waals surface area contributed by atoms with Crippen molar-refractivity contribution in [1.82, 2.24) is 15.3 Å². The lowest BCUT2D eigenvalue weighted by molar-refractivity contribution is -0.151. The summed E-state index contributed by atoms with van der Waals surface area (Å²) in [5, 5.41) is 7.76. The molecule has 1 aliphatic carbocycles. The molecular weight excluding hydrogens is 521 g/mol. The van der Waals surface area contributed by atoms with E-state index in [1.807, 2.05) is 24.3 Å². The van der Waals surface area contributed by atoms with Gasteiger partial charge in [0.25, 0.3) is 0 Å². The van der Waals surface area contributed by atoms with E-state index in [0.29, 0.717) is 40.6 Å². The summed E-state index contributed by atoms with van der Waals surface area (Å²) in [6, 6.07) is 13.0. The van der Waals surface area contributed by atoms with Gasteiger partial charge < -0.3 is 21.1 Å². The van der Waals surface area contributed by atoms with Crippen molar-refractivity contribution in [3.63, 3.8) is 0 Å². The van der Waals surface area contributed by atoms with E-state index in [4.69, 9.17) is 38.7 Å². The Bertz CT molecular complexity index is 1230. The molecule has 0 spiro atoms. The maximum Gasteiger partial charge on any atom is 0.323 e. The third kappa shape index (κ3) is 7.59. The van der Waals surface area contributed by atoms with E-state index in [1.165, 1.54) is 0 Å². The number of aromatic nitrogens is 2. The number of hydrogen-bond donors (Lipinski definition) is 3. The summed E-state index contributed by atoms with van der Waals surface area (Å²) in [7, 11) is 0. The third-order valence-electron chi connectivity index (χ3n) is 6.65. The summed E-state index contributed by atoms with van der Waals surface area (Å²) in [5.74, 6) is 0.952. The van der Waals surface area contributed by atoms with Gasteiger partial charge in [0.2, 0.25) is 0 Å². The molecule has 0 radical (unpaired) electrons. The molecule has 0 amide bonds. The van der Waals surface area contributed by atoms with Crippen molar-refractivity contribution in [1.29, 1.82) is 0 Å². The van der Waals surface area contributed by atoms with Gasteiger partial charge in [-0.1, -0.05) is 61.3 Å². The van der Waals surface area contributed by atoms with Crippen molar-refractivity contribution in [3.05, 3.63) is 69.8 Å². The highest BCUT2D eigenvalue weighted by atomic mass is 35.5. The lowest BCUT2D eigenvalue weighted by Crippen LogP contribution is -2.40. The maximum absolute atomic E-state index is 12.9. The number of carbonyl (C=O) groups excluding carboxylic acids is 1. The zero-order valence-corrected chi connectivity index (χ0v) is 23.4. The molecule has 1 saturated carbocycles. The van der Waals surface area contributed by atoms with E-state index in [-0.39, 0.29) is 23.9 Å². The molecule has 0 aliphatic heterocycles. The molecular formula is C29H35Cl2N5O2. The van der Waals surface area contributed by atoms with Crippen LogP contribution < -0.4 is 16.4 Å². The molecule has 0 unspecified atom stereocenters. The van der Waals surface area contributed by atoms with Crippen LogP contribution in [0.5, 0.6) is 0 Å².